The highest BCUT2D eigenvalue weighted by Crippen LogP contribution is 2.38. The fourth-order valence-electron chi connectivity index (χ4n) is 4.38. The molecule has 1 N–H and O–H groups in total. The van der Waals surface area contributed by atoms with Crippen LogP contribution in [0.5, 0.6) is 0 Å². The highest BCUT2D eigenvalue weighted by atomic mass is 32.2. The van der Waals surface area contributed by atoms with Gasteiger partial charge in [0.15, 0.2) is 0 Å². The number of piperidine rings is 1. The van der Waals surface area contributed by atoms with Gasteiger partial charge in [-0.3, -0.25) is 9.59 Å². The normalized spacial score (nSPS) is 14.9. The van der Waals surface area contributed by atoms with Crippen molar-refractivity contribution in [2.75, 3.05) is 13.1 Å². The van der Waals surface area contributed by atoms with Crippen molar-refractivity contribution in [1.29, 1.82) is 0 Å². The first-order chi connectivity index (χ1) is 17.1. The Balaban J connectivity index is 1.49. The van der Waals surface area contributed by atoms with Gasteiger partial charge in [0.25, 0.3) is 21.8 Å². The van der Waals surface area contributed by atoms with E-state index in [1.54, 1.807) is 18.2 Å². The van der Waals surface area contributed by atoms with E-state index in [4.69, 9.17) is 0 Å². The highest BCUT2D eigenvalue weighted by molar-refractivity contribution is 7.90. The molecular weight excluding hydrogens is 493 g/mol. The van der Waals surface area contributed by atoms with E-state index in [9.17, 15) is 31.2 Å². The minimum atomic E-state index is -4.46. The van der Waals surface area contributed by atoms with E-state index in [1.807, 2.05) is 4.72 Å². The van der Waals surface area contributed by atoms with Crippen LogP contribution in [-0.4, -0.2) is 38.2 Å². The largest absolute Gasteiger partial charge is 0.416 e. The summed E-state index contributed by atoms with van der Waals surface area (Å²) in [6, 6.07) is 18.7. The molecule has 10 heteroatoms. The first-order valence-corrected chi connectivity index (χ1v) is 12.7. The molecule has 188 valence electrons. The molecule has 0 spiro atoms. The molecule has 1 aliphatic heterocycles. The molecular formula is C26H23F3N2O4S. The zero-order chi connectivity index (χ0) is 25.9. The number of amides is 2. The number of rotatable bonds is 5. The number of hydrogen-bond donors (Lipinski definition) is 1. The molecule has 0 unspecified atom stereocenters. The molecule has 0 radical (unpaired) electrons. The molecule has 6 nitrogen and oxygen atoms in total. The number of nitrogens with one attached hydrogen (secondary N) is 1. The van der Waals surface area contributed by atoms with Gasteiger partial charge in [0.05, 0.1) is 21.6 Å². The molecule has 1 heterocycles. The van der Waals surface area contributed by atoms with Gasteiger partial charge in [0.1, 0.15) is 0 Å². The number of carbonyl (C=O) groups is 2. The van der Waals surface area contributed by atoms with E-state index in [2.05, 4.69) is 0 Å². The van der Waals surface area contributed by atoms with E-state index >= 15 is 0 Å². The minimum Gasteiger partial charge on any atom is -0.339 e. The Kier molecular flexibility index (Phi) is 7.16. The average Bonchev–Trinajstić information content (AvgIpc) is 2.88. The third-order valence-electron chi connectivity index (χ3n) is 6.17. The SMILES string of the molecule is O=C(NS(=O)(=O)c1ccccc1)c1ccccc1C(=O)N1CCC(c2ccccc2C(F)(F)F)CC1. The molecule has 3 aromatic carbocycles. The first kappa shape index (κ1) is 25.4. The summed E-state index contributed by atoms with van der Waals surface area (Å²) >= 11 is 0. The lowest BCUT2D eigenvalue weighted by molar-refractivity contribution is -0.138. The topological polar surface area (TPSA) is 83.5 Å². The van der Waals surface area contributed by atoms with Crippen LogP contribution in [0.3, 0.4) is 0 Å². The fourth-order valence-corrected chi connectivity index (χ4v) is 5.37. The lowest BCUT2D eigenvalue weighted by atomic mass is 9.86. The van der Waals surface area contributed by atoms with Gasteiger partial charge in [0, 0.05) is 13.1 Å². The van der Waals surface area contributed by atoms with E-state index in [0.717, 1.165) is 6.07 Å². The molecule has 0 atom stereocenters. The smallest absolute Gasteiger partial charge is 0.339 e. The molecule has 1 fully saturated rings. The molecule has 36 heavy (non-hydrogen) atoms. The minimum absolute atomic E-state index is 0.0207. The lowest BCUT2D eigenvalue weighted by Gasteiger charge is -2.33. The zero-order valence-corrected chi connectivity index (χ0v) is 19.9. The van der Waals surface area contributed by atoms with E-state index in [-0.39, 0.29) is 40.6 Å². The summed E-state index contributed by atoms with van der Waals surface area (Å²) in [7, 11) is -4.15. The van der Waals surface area contributed by atoms with Crippen molar-refractivity contribution < 1.29 is 31.2 Å². The summed E-state index contributed by atoms with van der Waals surface area (Å²) < 4.78 is 67.4. The fraction of sp³-hybridized carbons (Fsp3) is 0.231. The number of carbonyl (C=O) groups excluding carboxylic acids is 2. The molecule has 4 rings (SSSR count). The van der Waals surface area contributed by atoms with Gasteiger partial charge in [0.2, 0.25) is 0 Å². The monoisotopic (exact) mass is 516 g/mol. The number of sulfonamides is 1. The second-order valence-electron chi connectivity index (χ2n) is 8.44. The Bertz CT molecular complexity index is 1370. The predicted octanol–water partition coefficient (Wildman–Crippen LogP) is 4.84. The van der Waals surface area contributed by atoms with Crippen LogP contribution in [-0.2, 0) is 16.2 Å². The second kappa shape index (κ2) is 10.1. The summed E-state index contributed by atoms with van der Waals surface area (Å²) in [4.78, 5) is 27.5. The highest BCUT2D eigenvalue weighted by Gasteiger charge is 2.36. The zero-order valence-electron chi connectivity index (χ0n) is 19.0. The van der Waals surface area contributed by atoms with Crippen molar-refractivity contribution in [2.24, 2.45) is 0 Å². The molecule has 1 aliphatic rings. The molecule has 3 aromatic rings. The van der Waals surface area contributed by atoms with Gasteiger partial charge in [-0.05, 0) is 54.7 Å². The number of benzene rings is 3. The Hall–Kier alpha value is -3.66. The van der Waals surface area contributed by atoms with Gasteiger partial charge in [-0.25, -0.2) is 13.1 Å². The molecule has 0 saturated carbocycles. The third kappa shape index (κ3) is 5.43. The van der Waals surface area contributed by atoms with Gasteiger partial charge in [-0.2, -0.15) is 13.2 Å². The van der Waals surface area contributed by atoms with Crippen LogP contribution in [0.25, 0.3) is 0 Å². The standard InChI is InChI=1S/C26H23F3N2O4S/c27-26(28,29)23-13-7-6-10-20(23)18-14-16-31(17-15-18)25(33)22-12-5-4-11-21(22)24(32)30-36(34,35)19-8-2-1-3-9-19/h1-13,18H,14-17H2,(H,30,32). The summed E-state index contributed by atoms with van der Waals surface area (Å²) in [5.41, 5.74) is -0.543. The van der Waals surface area contributed by atoms with Crippen LogP contribution >= 0.6 is 0 Å². The first-order valence-electron chi connectivity index (χ1n) is 11.2. The van der Waals surface area contributed by atoms with Gasteiger partial charge >= 0.3 is 6.18 Å². The summed E-state index contributed by atoms with van der Waals surface area (Å²) in [5.74, 6) is -1.79. The molecule has 0 bridgehead atoms. The van der Waals surface area contributed by atoms with E-state index < -0.39 is 33.6 Å². The number of alkyl halides is 3. The van der Waals surface area contributed by atoms with Gasteiger partial charge in [-0.15, -0.1) is 0 Å². The van der Waals surface area contributed by atoms with Crippen LogP contribution in [0.1, 0.15) is 50.6 Å². The lowest BCUT2D eigenvalue weighted by Crippen LogP contribution is -2.39. The maximum Gasteiger partial charge on any atom is 0.416 e. The maximum atomic E-state index is 13.4. The number of halogens is 3. The van der Waals surface area contributed by atoms with Crippen molar-refractivity contribution in [1.82, 2.24) is 9.62 Å². The van der Waals surface area contributed by atoms with Crippen LogP contribution in [0, 0.1) is 0 Å². The molecule has 1 saturated heterocycles. The summed E-state index contributed by atoms with van der Waals surface area (Å²) in [6.07, 6.45) is -3.80. The van der Waals surface area contributed by atoms with E-state index in [1.165, 1.54) is 59.5 Å². The van der Waals surface area contributed by atoms with Crippen molar-refractivity contribution >= 4 is 21.8 Å². The quantitative estimate of drug-likeness (QED) is 0.526. The predicted molar refractivity (Wildman–Crippen MR) is 127 cm³/mol. The van der Waals surface area contributed by atoms with Gasteiger partial charge < -0.3 is 4.90 Å². The van der Waals surface area contributed by atoms with Crippen LogP contribution < -0.4 is 4.72 Å². The Labute approximate surface area is 206 Å². The maximum absolute atomic E-state index is 13.4. The molecule has 0 aliphatic carbocycles. The van der Waals surface area contributed by atoms with E-state index in [0.29, 0.717) is 12.8 Å². The van der Waals surface area contributed by atoms with Crippen molar-refractivity contribution in [2.45, 2.75) is 29.8 Å². The second-order valence-corrected chi connectivity index (χ2v) is 10.1. The van der Waals surface area contributed by atoms with Crippen molar-refractivity contribution in [3.63, 3.8) is 0 Å². The summed E-state index contributed by atoms with van der Waals surface area (Å²) in [6.45, 7) is 0.405. The molecule has 0 aromatic heterocycles. The molecule has 2 amide bonds. The Morgan fingerprint density at radius 3 is 2.00 bits per heavy atom. The van der Waals surface area contributed by atoms with Crippen LogP contribution in [0.2, 0.25) is 0 Å². The third-order valence-corrected chi connectivity index (χ3v) is 7.52. The Morgan fingerprint density at radius 1 is 0.806 bits per heavy atom. The summed E-state index contributed by atoms with van der Waals surface area (Å²) in [5, 5.41) is 0. The number of nitrogens with zero attached hydrogens (tertiary/aromatic N) is 1. The number of likely N-dealkylation sites (tertiary alicyclic amines) is 1. The number of hydrogen-bond acceptors (Lipinski definition) is 4. The van der Waals surface area contributed by atoms with Crippen LogP contribution in [0.15, 0.2) is 83.8 Å². The van der Waals surface area contributed by atoms with Crippen molar-refractivity contribution in [3.05, 3.63) is 101 Å². The average molecular weight is 517 g/mol. The Morgan fingerprint density at radius 2 is 1.36 bits per heavy atom. The van der Waals surface area contributed by atoms with Gasteiger partial charge in [-0.1, -0.05) is 48.5 Å². The van der Waals surface area contributed by atoms with Crippen molar-refractivity contribution in [3.8, 4) is 0 Å². The van der Waals surface area contributed by atoms with Crippen LogP contribution in [0.4, 0.5) is 13.2 Å².